The van der Waals surface area contributed by atoms with Gasteiger partial charge in [0.25, 0.3) is 5.69 Å². The Hall–Kier alpha value is -3.33. The standard InChI is InChI=1S/C18H12BrN3O5/c1-10(23)20-13-5-3-12(4-6-13)17-21-15(18(24)27-17)8-11-2-7-14(19)16(9-11)22(25)26/h2-9H,1H3,(H,20,23)/b15-8-. The van der Waals surface area contributed by atoms with Gasteiger partial charge in [0, 0.05) is 24.2 Å². The van der Waals surface area contributed by atoms with Crippen LogP contribution in [0.5, 0.6) is 0 Å². The van der Waals surface area contributed by atoms with Gasteiger partial charge in [-0.05, 0) is 57.9 Å². The van der Waals surface area contributed by atoms with E-state index in [1.165, 1.54) is 25.1 Å². The van der Waals surface area contributed by atoms with Gasteiger partial charge in [0.05, 0.1) is 9.40 Å². The normalized spacial score (nSPS) is 14.7. The number of hydrogen-bond donors (Lipinski definition) is 1. The highest BCUT2D eigenvalue weighted by Crippen LogP contribution is 2.27. The van der Waals surface area contributed by atoms with Crippen LogP contribution in [0.1, 0.15) is 18.1 Å². The van der Waals surface area contributed by atoms with E-state index >= 15 is 0 Å². The summed E-state index contributed by atoms with van der Waals surface area (Å²) in [5.41, 5.74) is 1.53. The highest BCUT2D eigenvalue weighted by atomic mass is 79.9. The lowest BCUT2D eigenvalue weighted by Gasteiger charge is -2.03. The topological polar surface area (TPSA) is 111 Å². The first-order valence-corrected chi connectivity index (χ1v) is 8.47. The maximum atomic E-state index is 12.1. The average Bonchev–Trinajstić information content (AvgIpc) is 2.97. The lowest BCUT2D eigenvalue weighted by molar-refractivity contribution is -0.385. The van der Waals surface area contributed by atoms with Crippen molar-refractivity contribution in [3.8, 4) is 0 Å². The number of nitro benzene ring substituents is 1. The van der Waals surface area contributed by atoms with Gasteiger partial charge in [-0.1, -0.05) is 6.07 Å². The first-order chi connectivity index (χ1) is 12.8. The Morgan fingerprint density at radius 2 is 1.96 bits per heavy atom. The van der Waals surface area contributed by atoms with Crippen molar-refractivity contribution in [2.75, 3.05) is 5.32 Å². The number of nitro groups is 1. The number of benzene rings is 2. The minimum Gasteiger partial charge on any atom is -0.402 e. The van der Waals surface area contributed by atoms with Crippen LogP contribution >= 0.6 is 15.9 Å². The fourth-order valence-electron chi connectivity index (χ4n) is 2.35. The number of carbonyl (C=O) groups excluding carboxylic acids is 2. The molecule has 0 unspecified atom stereocenters. The molecule has 0 radical (unpaired) electrons. The third-order valence-corrected chi connectivity index (χ3v) is 4.21. The van der Waals surface area contributed by atoms with Crippen LogP contribution in [-0.2, 0) is 14.3 Å². The fourth-order valence-corrected chi connectivity index (χ4v) is 2.74. The second-order valence-corrected chi connectivity index (χ2v) is 6.42. The van der Waals surface area contributed by atoms with Gasteiger partial charge >= 0.3 is 5.97 Å². The van der Waals surface area contributed by atoms with Crippen LogP contribution < -0.4 is 5.32 Å². The van der Waals surface area contributed by atoms with Crippen molar-refractivity contribution in [1.29, 1.82) is 0 Å². The summed E-state index contributed by atoms with van der Waals surface area (Å²) in [5.74, 6) is -0.727. The SMILES string of the molecule is CC(=O)Nc1ccc(C2=N/C(=C\c3ccc(Br)c([N+](=O)[O-])c3)C(=O)O2)cc1. The number of rotatable bonds is 4. The molecule has 1 amide bonds. The molecule has 0 spiro atoms. The molecule has 0 saturated heterocycles. The van der Waals surface area contributed by atoms with Crippen molar-refractivity contribution in [3.05, 3.63) is 73.9 Å². The molecule has 3 rings (SSSR count). The van der Waals surface area contributed by atoms with Crippen molar-refractivity contribution in [3.63, 3.8) is 0 Å². The largest absolute Gasteiger partial charge is 0.402 e. The number of hydrogen-bond acceptors (Lipinski definition) is 6. The molecule has 27 heavy (non-hydrogen) atoms. The molecule has 1 aliphatic rings. The van der Waals surface area contributed by atoms with E-state index in [2.05, 4.69) is 26.2 Å². The molecule has 0 aliphatic carbocycles. The maximum absolute atomic E-state index is 12.1. The van der Waals surface area contributed by atoms with Crippen LogP contribution in [0.4, 0.5) is 11.4 Å². The van der Waals surface area contributed by atoms with Gasteiger partial charge in [-0.15, -0.1) is 0 Å². The molecule has 1 heterocycles. The van der Waals surface area contributed by atoms with E-state index in [-0.39, 0.29) is 23.2 Å². The van der Waals surface area contributed by atoms with Crippen LogP contribution in [-0.4, -0.2) is 22.7 Å². The molecular weight excluding hydrogens is 418 g/mol. The zero-order valence-electron chi connectivity index (χ0n) is 13.9. The van der Waals surface area contributed by atoms with Gasteiger partial charge in [-0.3, -0.25) is 14.9 Å². The van der Waals surface area contributed by atoms with Gasteiger partial charge in [0.2, 0.25) is 11.8 Å². The number of carbonyl (C=O) groups is 2. The predicted octanol–water partition coefficient (Wildman–Crippen LogP) is 3.66. The Morgan fingerprint density at radius 1 is 1.26 bits per heavy atom. The molecular formula is C18H12BrN3O5. The van der Waals surface area contributed by atoms with E-state index in [0.29, 0.717) is 21.3 Å². The summed E-state index contributed by atoms with van der Waals surface area (Å²) in [5, 5.41) is 13.7. The Labute approximate surface area is 161 Å². The zero-order chi connectivity index (χ0) is 19.6. The van der Waals surface area contributed by atoms with E-state index in [0.717, 1.165) is 0 Å². The Kier molecular flexibility index (Phi) is 5.13. The van der Waals surface area contributed by atoms with Gasteiger partial charge < -0.3 is 10.1 Å². The van der Waals surface area contributed by atoms with Crippen LogP contribution in [0.15, 0.2) is 57.6 Å². The highest BCUT2D eigenvalue weighted by Gasteiger charge is 2.24. The average molecular weight is 430 g/mol. The van der Waals surface area contributed by atoms with E-state index < -0.39 is 10.9 Å². The second kappa shape index (κ2) is 7.50. The molecule has 0 atom stereocenters. The number of halogens is 1. The minimum absolute atomic E-state index is 0.0348. The summed E-state index contributed by atoms with van der Waals surface area (Å²) in [4.78, 5) is 37.8. The summed E-state index contributed by atoms with van der Waals surface area (Å²) in [6, 6.07) is 11.1. The first-order valence-electron chi connectivity index (χ1n) is 7.68. The van der Waals surface area contributed by atoms with Crippen LogP contribution in [0.25, 0.3) is 6.08 Å². The van der Waals surface area contributed by atoms with E-state index in [1.54, 1.807) is 30.3 Å². The van der Waals surface area contributed by atoms with E-state index in [1.807, 2.05) is 0 Å². The summed E-state index contributed by atoms with van der Waals surface area (Å²) in [7, 11) is 0. The lowest BCUT2D eigenvalue weighted by atomic mass is 10.1. The second-order valence-electron chi connectivity index (χ2n) is 5.56. The molecule has 1 aliphatic heterocycles. The summed E-state index contributed by atoms with van der Waals surface area (Å²) in [6.45, 7) is 1.40. The van der Waals surface area contributed by atoms with Crippen molar-refractivity contribution >= 4 is 51.2 Å². The highest BCUT2D eigenvalue weighted by molar-refractivity contribution is 9.10. The number of anilines is 1. The first kappa shape index (κ1) is 18.5. The molecule has 9 heteroatoms. The monoisotopic (exact) mass is 429 g/mol. The number of nitrogens with zero attached hydrogens (tertiary/aromatic N) is 2. The number of cyclic esters (lactones) is 1. The Balaban J connectivity index is 1.88. The molecule has 8 nitrogen and oxygen atoms in total. The number of ether oxygens (including phenoxy) is 1. The number of nitrogens with one attached hydrogen (secondary N) is 1. The van der Waals surface area contributed by atoms with Gasteiger partial charge in [0.1, 0.15) is 0 Å². The molecule has 136 valence electrons. The van der Waals surface area contributed by atoms with Gasteiger partial charge in [-0.2, -0.15) is 0 Å². The van der Waals surface area contributed by atoms with Crippen molar-refractivity contribution in [1.82, 2.24) is 0 Å². The molecule has 0 fully saturated rings. The van der Waals surface area contributed by atoms with Crippen LogP contribution in [0.3, 0.4) is 0 Å². The summed E-state index contributed by atoms with van der Waals surface area (Å²) < 4.78 is 5.51. The van der Waals surface area contributed by atoms with Crippen molar-refractivity contribution in [2.24, 2.45) is 4.99 Å². The Bertz CT molecular complexity index is 1010. The lowest BCUT2D eigenvalue weighted by Crippen LogP contribution is -2.07. The quantitative estimate of drug-likeness (QED) is 0.345. The maximum Gasteiger partial charge on any atom is 0.363 e. The number of esters is 1. The predicted molar refractivity (Wildman–Crippen MR) is 102 cm³/mol. The zero-order valence-corrected chi connectivity index (χ0v) is 15.5. The van der Waals surface area contributed by atoms with Gasteiger partial charge in [-0.25, -0.2) is 9.79 Å². The molecule has 0 bridgehead atoms. The third kappa shape index (κ3) is 4.26. The molecule has 0 saturated carbocycles. The molecule has 2 aromatic rings. The number of aliphatic imine (C=N–C) groups is 1. The van der Waals surface area contributed by atoms with Crippen LogP contribution in [0, 0.1) is 10.1 Å². The third-order valence-electron chi connectivity index (χ3n) is 3.54. The van der Waals surface area contributed by atoms with Crippen LogP contribution in [0.2, 0.25) is 0 Å². The molecule has 1 N–H and O–H groups in total. The minimum atomic E-state index is -0.651. The summed E-state index contributed by atoms with van der Waals surface area (Å²) >= 11 is 3.11. The van der Waals surface area contributed by atoms with E-state index in [9.17, 15) is 19.7 Å². The van der Waals surface area contributed by atoms with Gasteiger partial charge in [0.15, 0.2) is 5.70 Å². The summed E-state index contributed by atoms with van der Waals surface area (Å²) in [6.07, 6.45) is 1.42. The smallest absolute Gasteiger partial charge is 0.363 e. The van der Waals surface area contributed by atoms with Crippen molar-refractivity contribution in [2.45, 2.75) is 6.92 Å². The molecule has 0 aromatic heterocycles. The Morgan fingerprint density at radius 3 is 2.59 bits per heavy atom. The number of amides is 1. The fraction of sp³-hybridized carbons (Fsp3) is 0.0556. The molecule has 2 aromatic carbocycles. The van der Waals surface area contributed by atoms with E-state index in [4.69, 9.17) is 4.74 Å². The van der Waals surface area contributed by atoms with Crippen molar-refractivity contribution < 1.29 is 19.2 Å².